The first-order valence-electron chi connectivity index (χ1n) is 11.1. The molecule has 1 aromatic carbocycles. The number of nitrogens with zero attached hydrogens (tertiary/aromatic N) is 8. The third-order valence-electron chi connectivity index (χ3n) is 6.34. The molecule has 0 unspecified atom stereocenters. The highest BCUT2D eigenvalue weighted by Gasteiger charge is 2.22. The Kier molecular flexibility index (Phi) is 5.91. The highest BCUT2D eigenvalue weighted by molar-refractivity contribution is 6.30. The highest BCUT2D eigenvalue weighted by atomic mass is 35.5. The third-order valence-corrected chi connectivity index (χ3v) is 6.57. The van der Waals surface area contributed by atoms with Gasteiger partial charge in [0.25, 0.3) is 5.56 Å². The number of benzene rings is 1. The van der Waals surface area contributed by atoms with Crippen molar-refractivity contribution in [2.24, 2.45) is 0 Å². The Bertz CT molecular complexity index is 1390. The first-order chi connectivity index (χ1) is 16.4. The summed E-state index contributed by atoms with van der Waals surface area (Å²) in [4.78, 5) is 19.4. The lowest BCUT2D eigenvalue weighted by molar-refractivity contribution is 0.389. The average molecular weight is 483 g/mol. The van der Waals surface area contributed by atoms with Crippen LogP contribution in [0, 0.1) is 19.7 Å². The fourth-order valence-electron chi connectivity index (χ4n) is 4.44. The number of aryl methyl sites for hydroxylation is 2. The zero-order valence-corrected chi connectivity index (χ0v) is 19.7. The number of anilines is 1. The minimum Gasteiger partial charge on any atom is -0.370 e. The number of rotatable bonds is 5. The number of aromatic nitrogens is 7. The Morgan fingerprint density at radius 2 is 1.97 bits per heavy atom. The van der Waals surface area contributed by atoms with Gasteiger partial charge >= 0.3 is 0 Å². The summed E-state index contributed by atoms with van der Waals surface area (Å²) < 4.78 is 19.4. The summed E-state index contributed by atoms with van der Waals surface area (Å²) in [6.07, 6.45) is 7.50. The van der Waals surface area contributed by atoms with E-state index in [0.717, 1.165) is 37.4 Å². The van der Waals surface area contributed by atoms with E-state index in [1.807, 2.05) is 19.3 Å². The van der Waals surface area contributed by atoms with Crippen LogP contribution in [-0.2, 0) is 6.54 Å². The number of hydrogen-bond acceptors (Lipinski definition) is 6. The lowest BCUT2D eigenvalue weighted by atomic mass is 10.0. The van der Waals surface area contributed by atoms with Crippen molar-refractivity contribution < 1.29 is 4.39 Å². The maximum absolute atomic E-state index is 14.5. The van der Waals surface area contributed by atoms with E-state index < -0.39 is 5.82 Å². The van der Waals surface area contributed by atoms with Crippen LogP contribution in [0.15, 0.2) is 47.7 Å². The first-order valence-corrected chi connectivity index (χ1v) is 11.5. The molecule has 0 bridgehead atoms. The van der Waals surface area contributed by atoms with Gasteiger partial charge in [0.05, 0.1) is 29.8 Å². The van der Waals surface area contributed by atoms with Crippen molar-refractivity contribution >= 4 is 17.3 Å². The zero-order valence-electron chi connectivity index (χ0n) is 18.9. The maximum Gasteiger partial charge on any atom is 0.269 e. The third kappa shape index (κ3) is 4.21. The Morgan fingerprint density at radius 3 is 2.65 bits per heavy atom. The molecule has 34 heavy (non-hydrogen) atoms. The van der Waals surface area contributed by atoms with Crippen molar-refractivity contribution in [3.05, 3.63) is 81.3 Å². The molecule has 5 rings (SSSR count). The van der Waals surface area contributed by atoms with Gasteiger partial charge in [0.15, 0.2) is 0 Å². The molecule has 176 valence electrons. The first kappa shape index (κ1) is 22.3. The Morgan fingerprint density at radius 1 is 1.18 bits per heavy atom. The fourth-order valence-corrected chi connectivity index (χ4v) is 4.60. The minimum atomic E-state index is -0.524. The number of imidazole rings is 1. The van der Waals surface area contributed by atoms with Crippen molar-refractivity contribution in [1.29, 1.82) is 0 Å². The molecule has 0 atom stereocenters. The second-order valence-corrected chi connectivity index (χ2v) is 8.88. The molecule has 0 radical (unpaired) electrons. The molecule has 0 N–H and O–H groups in total. The van der Waals surface area contributed by atoms with Crippen LogP contribution in [-0.4, -0.2) is 47.4 Å². The van der Waals surface area contributed by atoms with Gasteiger partial charge in [-0.05, 0) is 44.9 Å². The minimum absolute atomic E-state index is 0.113. The summed E-state index contributed by atoms with van der Waals surface area (Å²) in [5.41, 5.74) is 1.92. The maximum atomic E-state index is 14.5. The molecule has 11 heteroatoms. The van der Waals surface area contributed by atoms with Crippen LogP contribution in [0.4, 0.5) is 10.1 Å². The molecule has 1 aliphatic heterocycles. The van der Waals surface area contributed by atoms with Crippen molar-refractivity contribution in [3.63, 3.8) is 0 Å². The van der Waals surface area contributed by atoms with Crippen LogP contribution in [0.2, 0.25) is 5.02 Å². The van der Waals surface area contributed by atoms with Crippen molar-refractivity contribution in [3.8, 4) is 5.69 Å². The molecule has 0 spiro atoms. The summed E-state index contributed by atoms with van der Waals surface area (Å²) in [6, 6.07) is 6.34. The lowest BCUT2D eigenvalue weighted by Crippen LogP contribution is -2.36. The molecule has 3 aromatic heterocycles. The lowest BCUT2D eigenvalue weighted by Gasteiger charge is -2.34. The van der Waals surface area contributed by atoms with E-state index in [0.29, 0.717) is 17.4 Å². The second-order valence-electron chi connectivity index (χ2n) is 8.44. The van der Waals surface area contributed by atoms with Gasteiger partial charge in [0.2, 0.25) is 0 Å². The molecule has 4 heterocycles. The smallest absolute Gasteiger partial charge is 0.269 e. The number of hydrogen-bond donors (Lipinski definition) is 0. The average Bonchev–Trinajstić information content (AvgIpc) is 3.41. The predicted molar refractivity (Wildman–Crippen MR) is 126 cm³/mol. The molecule has 9 nitrogen and oxygen atoms in total. The molecule has 0 amide bonds. The van der Waals surface area contributed by atoms with E-state index in [4.69, 9.17) is 11.6 Å². The summed E-state index contributed by atoms with van der Waals surface area (Å²) in [7, 11) is 0. The topological polar surface area (TPSA) is 86.7 Å². The quantitative estimate of drug-likeness (QED) is 0.433. The van der Waals surface area contributed by atoms with Crippen LogP contribution in [0.1, 0.15) is 36.1 Å². The van der Waals surface area contributed by atoms with Crippen LogP contribution in [0.3, 0.4) is 0 Å². The van der Waals surface area contributed by atoms with Crippen LogP contribution >= 0.6 is 11.6 Å². The van der Waals surface area contributed by atoms with Crippen LogP contribution in [0.25, 0.3) is 5.69 Å². The molecular weight excluding hydrogens is 459 g/mol. The van der Waals surface area contributed by atoms with Gasteiger partial charge in [-0.1, -0.05) is 16.8 Å². The largest absolute Gasteiger partial charge is 0.370 e. The van der Waals surface area contributed by atoms with Crippen LogP contribution in [0.5, 0.6) is 0 Å². The van der Waals surface area contributed by atoms with Crippen LogP contribution < -0.4 is 10.5 Å². The van der Waals surface area contributed by atoms with E-state index in [1.165, 1.54) is 21.5 Å². The highest BCUT2D eigenvalue weighted by Crippen LogP contribution is 2.26. The van der Waals surface area contributed by atoms with Gasteiger partial charge in [-0.25, -0.2) is 18.7 Å². The van der Waals surface area contributed by atoms with Crippen molar-refractivity contribution in [2.45, 2.75) is 39.3 Å². The standard InChI is InChI=1S/C23H24ClFN8O/c1-15-22(33(29-28-15)21-4-3-17(24)11-20(21)25)14-32-23(34)12-19(13-27-32)30-8-5-18(6-9-30)31-10-7-26-16(31)2/h3-4,7,10-13,18H,5-6,8-9,14H2,1-2H3. The van der Waals surface area contributed by atoms with E-state index in [1.54, 1.807) is 25.3 Å². The Balaban J connectivity index is 1.33. The summed E-state index contributed by atoms with van der Waals surface area (Å²) in [5, 5.41) is 12.8. The normalized spacial score (nSPS) is 14.6. The second kappa shape index (κ2) is 9.02. The number of halogens is 2. The molecular formula is C23H24ClFN8O. The van der Waals surface area contributed by atoms with Gasteiger partial charge < -0.3 is 9.47 Å². The molecule has 4 aromatic rings. The van der Waals surface area contributed by atoms with Gasteiger partial charge in [0.1, 0.15) is 17.3 Å². The van der Waals surface area contributed by atoms with E-state index in [-0.39, 0.29) is 22.8 Å². The fraction of sp³-hybridized carbons (Fsp3) is 0.348. The SMILES string of the molecule is Cc1nnn(-c2ccc(Cl)cc2F)c1Cn1ncc(N2CCC(n3ccnc3C)CC2)cc1=O. The number of piperidine rings is 1. The molecule has 1 fully saturated rings. The van der Waals surface area contributed by atoms with Crippen molar-refractivity contribution in [1.82, 2.24) is 34.3 Å². The Labute approximate surface area is 200 Å². The summed E-state index contributed by atoms with van der Waals surface area (Å²) >= 11 is 5.87. The van der Waals surface area contributed by atoms with Gasteiger partial charge in [0, 0.05) is 42.6 Å². The predicted octanol–water partition coefficient (Wildman–Crippen LogP) is 3.32. The van der Waals surface area contributed by atoms with Gasteiger partial charge in [-0.3, -0.25) is 4.79 Å². The van der Waals surface area contributed by atoms with Gasteiger partial charge in [-0.2, -0.15) is 5.10 Å². The zero-order chi connectivity index (χ0) is 23.8. The molecule has 1 saturated heterocycles. The van der Waals surface area contributed by atoms with E-state index in [9.17, 15) is 9.18 Å². The Hall–Kier alpha value is -3.53. The van der Waals surface area contributed by atoms with E-state index in [2.05, 4.69) is 29.9 Å². The monoisotopic (exact) mass is 482 g/mol. The summed E-state index contributed by atoms with van der Waals surface area (Å²) in [6.45, 7) is 5.55. The molecule has 1 aliphatic rings. The van der Waals surface area contributed by atoms with Gasteiger partial charge in [-0.15, -0.1) is 5.10 Å². The van der Waals surface area contributed by atoms with E-state index >= 15 is 0 Å². The van der Waals surface area contributed by atoms with Crippen molar-refractivity contribution in [2.75, 3.05) is 18.0 Å². The summed E-state index contributed by atoms with van der Waals surface area (Å²) in [5.74, 6) is 0.494. The molecule has 0 aliphatic carbocycles. The molecule has 0 saturated carbocycles.